The lowest BCUT2D eigenvalue weighted by molar-refractivity contribution is 0.414. The maximum atomic E-state index is 5.24. The first-order valence-corrected chi connectivity index (χ1v) is 10.6. The fourth-order valence-corrected chi connectivity index (χ4v) is 3.84. The number of benzene rings is 2. The van der Waals surface area contributed by atoms with Crippen molar-refractivity contribution >= 4 is 11.6 Å². The Morgan fingerprint density at radius 1 is 1.14 bits per heavy atom. The second kappa shape index (κ2) is 10.7. The van der Waals surface area contributed by atoms with Gasteiger partial charge in [0.1, 0.15) is 5.75 Å². The molecule has 2 aromatic rings. The van der Waals surface area contributed by atoms with Crippen LogP contribution in [0.4, 0.5) is 5.69 Å². The van der Waals surface area contributed by atoms with E-state index in [1.807, 2.05) is 19.2 Å². The summed E-state index contributed by atoms with van der Waals surface area (Å²) >= 11 is 0. The van der Waals surface area contributed by atoms with Gasteiger partial charge < -0.3 is 20.3 Å². The zero-order valence-electron chi connectivity index (χ0n) is 17.9. The topological polar surface area (TPSA) is 48.9 Å². The number of guanidine groups is 1. The van der Waals surface area contributed by atoms with E-state index >= 15 is 0 Å². The van der Waals surface area contributed by atoms with Crippen molar-refractivity contribution in [2.45, 2.75) is 25.7 Å². The summed E-state index contributed by atoms with van der Waals surface area (Å²) in [6.45, 7) is 6.34. The molecule has 5 heteroatoms. The van der Waals surface area contributed by atoms with E-state index in [0.717, 1.165) is 44.3 Å². The van der Waals surface area contributed by atoms with Gasteiger partial charge in [-0.05, 0) is 54.5 Å². The fourth-order valence-electron chi connectivity index (χ4n) is 3.84. The number of rotatable bonds is 8. The number of nitrogens with one attached hydrogen (secondary N) is 2. The van der Waals surface area contributed by atoms with Gasteiger partial charge in [0, 0.05) is 38.9 Å². The molecule has 29 heavy (non-hydrogen) atoms. The van der Waals surface area contributed by atoms with Crippen molar-refractivity contribution in [3.63, 3.8) is 0 Å². The molecule has 2 N–H and O–H groups in total. The molecule has 1 aliphatic heterocycles. The Kier molecular flexibility index (Phi) is 7.79. The number of nitrogens with zero attached hydrogens (tertiary/aromatic N) is 2. The smallest absolute Gasteiger partial charge is 0.190 e. The normalized spacial score (nSPS) is 17.8. The Balaban J connectivity index is 1.37. The number of hydrogen-bond acceptors (Lipinski definition) is 3. The van der Waals surface area contributed by atoms with Crippen molar-refractivity contribution in [1.29, 1.82) is 0 Å². The van der Waals surface area contributed by atoms with E-state index in [-0.39, 0.29) is 0 Å². The molecule has 0 saturated carbocycles. The molecule has 2 aromatic carbocycles. The Morgan fingerprint density at radius 3 is 2.59 bits per heavy atom. The van der Waals surface area contributed by atoms with Crippen molar-refractivity contribution in [2.24, 2.45) is 10.9 Å². The Bertz CT molecular complexity index is 760. The largest absolute Gasteiger partial charge is 0.497 e. The van der Waals surface area contributed by atoms with Crippen LogP contribution in [0.3, 0.4) is 0 Å². The standard InChI is InChI=1S/C24H34N4O/c1-19(21-9-11-23(29-3)12-10-21)13-15-26-24(25-2)27-17-20-14-16-28(18-20)22-7-5-4-6-8-22/h4-12,19-20H,13-18H2,1-3H3,(H2,25,26,27). The lowest BCUT2D eigenvalue weighted by atomic mass is 9.98. The van der Waals surface area contributed by atoms with Gasteiger partial charge in [0.15, 0.2) is 5.96 Å². The van der Waals surface area contributed by atoms with Gasteiger partial charge in [0.2, 0.25) is 0 Å². The van der Waals surface area contributed by atoms with Crippen molar-refractivity contribution < 1.29 is 4.74 Å². The average Bonchev–Trinajstić information content (AvgIpc) is 3.25. The first kappa shape index (κ1) is 21.0. The van der Waals surface area contributed by atoms with E-state index in [4.69, 9.17) is 4.74 Å². The highest BCUT2D eigenvalue weighted by Crippen LogP contribution is 2.23. The van der Waals surface area contributed by atoms with E-state index in [1.165, 1.54) is 17.7 Å². The van der Waals surface area contributed by atoms with Crippen LogP contribution in [0.25, 0.3) is 0 Å². The lowest BCUT2D eigenvalue weighted by Crippen LogP contribution is -2.40. The molecule has 0 aliphatic carbocycles. The van der Waals surface area contributed by atoms with Crippen molar-refractivity contribution in [3.8, 4) is 5.75 Å². The van der Waals surface area contributed by atoms with Gasteiger partial charge in [-0.1, -0.05) is 37.3 Å². The van der Waals surface area contributed by atoms with Crippen LogP contribution in [0, 0.1) is 5.92 Å². The molecule has 2 unspecified atom stereocenters. The maximum absolute atomic E-state index is 5.24. The number of anilines is 1. The molecule has 0 aromatic heterocycles. The number of hydrogen-bond donors (Lipinski definition) is 2. The summed E-state index contributed by atoms with van der Waals surface area (Å²) in [5.41, 5.74) is 2.66. The van der Waals surface area contributed by atoms with Crippen molar-refractivity contribution in [3.05, 3.63) is 60.2 Å². The SMILES string of the molecule is CN=C(NCCC(C)c1ccc(OC)cc1)NCC1CCN(c2ccccc2)C1. The molecule has 0 bridgehead atoms. The molecular formula is C24H34N4O. The third-order valence-corrected chi connectivity index (χ3v) is 5.74. The fraction of sp³-hybridized carbons (Fsp3) is 0.458. The van der Waals surface area contributed by atoms with Gasteiger partial charge in [-0.2, -0.15) is 0 Å². The summed E-state index contributed by atoms with van der Waals surface area (Å²) in [4.78, 5) is 6.85. The van der Waals surface area contributed by atoms with Crippen LogP contribution in [0.15, 0.2) is 59.6 Å². The Labute approximate surface area is 175 Å². The first-order valence-electron chi connectivity index (χ1n) is 10.6. The second-order valence-electron chi connectivity index (χ2n) is 7.78. The Morgan fingerprint density at radius 2 is 1.90 bits per heavy atom. The third-order valence-electron chi connectivity index (χ3n) is 5.74. The molecule has 1 fully saturated rings. The number of methoxy groups -OCH3 is 1. The van der Waals surface area contributed by atoms with E-state index in [1.54, 1.807) is 7.11 Å². The maximum Gasteiger partial charge on any atom is 0.190 e. The van der Waals surface area contributed by atoms with E-state index in [2.05, 4.69) is 69.9 Å². The van der Waals surface area contributed by atoms with E-state index in [9.17, 15) is 0 Å². The summed E-state index contributed by atoms with van der Waals surface area (Å²) in [6.07, 6.45) is 2.27. The molecule has 1 saturated heterocycles. The predicted octanol–water partition coefficient (Wildman–Crippen LogP) is 3.88. The summed E-state index contributed by atoms with van der Waals surface area (Å²) in [5.74, 6) is 2.93. The van der Waals surface area contributed by atoms with Crippen LogP contribution in [-0.2, 0) is 0 Å². The predicted molar refractivity (Wildman–Crippen MR) is 122 cm³/mol. The highest BCUT2D eigenvalue weighted by molar-refractivity contribution is 5.79. The highest BCUT2D eigenvalue weighted by Gasteiger charge is 2.22. The zero-order chi connectivity index (χ0) is 20.5. The molecule has 5 nitrogen and oxygen atoms in total. The van der Waals surface area contributed by atoms with Crippen LogP contribution >= 0.6 is 0 Å². The van der Waals surface area contributed by atoms with Gasteiger partial charge in [0.25, 0.3) is 0 Å². The monoisotopic (exact) mass is 394 g/mol. The van der Waals surface area contributed by atoms with Crippen LogP contribution in [-0.4, -0.2) is 46.3 Å². The summed E-state index contributed by atoms with van der Waals surface area (Å²) in [7, 11) is 3.54. The van der Waals surface area contributed by atoms with E-state index < -0.39 is 0 Å². The minimum atomic E-state index is 0.487. The van der Waals surface area contributed by atoms with Gasteiger partial charge >= 0.3 is 0 Å². The molecule has 3 rings (SSSR count). The molecule has 0 amide bonds. The number of para-hydroxylation sites is 1. The van der Waals surface area contributed by atoms with Gasteiger partial charge in [-0.15, -0.1) is 0 Å². The lowest BCUT2D eigenvalue weighted by Gasteiger charge is -2.19. The average molecular weight is 395 g/mol. The van der Waals surface area contributed by atoms with Crippen LogP contribution in [0.5, 0.6) is 5.75 Å². The third kappa shape index (κ3) is 6.14. The minimum Gasteiger partial charge on any atom is -0.497 e. The van der Waals surface area contributed by atoms with Crippen LogP contribution in [0.1, 0.15) is 31.2 Å². The zero-order valence-corrected chi connectivity index (χ0v) is 17.9. The van der Waals surface area contributed by atoms with Gasteiger partial charge in [-0.25, -0.2) is 0 Å². The summed E-state index contributed by atoms with van der Waals surface area (Å²) < 4.78 is 5.24. The quantitative estimate of drug-likeness (QED) is 0.527. The molecular weight excluding hydrogens is 360 g/mol. The summed E-state index contributed by atoms with van der Waals surface area (Å²) in [5, 5.41) is 6.97. The van der Waals surface area contributed by atoms with E-state index in [0.29, 0.717) is 11.8 Å². The highest BCUT2D eigenvalue weighted by atomic mass is 16.5. The molecule has 2 atom stereocenters. The van der Waals surface area contributed by atoms with Gasteiger partial charge in [0.05, 0.1) is 7.11 Å². The first-order chi connectivity index (χ1) is 14.2. The molecule has 1 heterocycles. The molecule has 1 aliphatic rings. The van der Waals surface area contributed by atoms with Gasteiger partial charge in [-0.3, -0.25) is 4.99 Å². The van der Waals surface area contributed by atoms with Crippen molar-refractivity contribution in [2.75, 3.05) is 45.2 Å². The van der Waals surface area contributed by atoms with Crippen molar-refractivity contribution in [1.82, 2.24) is 10.6 Å². The summed E-state index contributed by atoms with van der Waals surface area (Å²) in [6, 6.07) is 19.0. The molecule has 0 spiro atoms. The molecule has 0 radical (unpaired) electrons. The molecule has 156 valence electrons. The number of ether oxygens (including phenoxy) is 1. The Hall–Kier alpha value is -2.69. The second-order valence-corrected chi connectivity index (χ2v) is 7.78. The van der Waals surface area contributed by atoms with Crippen LogP contribution in [0.2, 0.25) is 0 Å². The number of aliphatic imine (C=N–C) groups is 1. The minimum absolute atomic E-state index is 0.487. The van der Waals surface area contributed by atoms with Crippen LogP contribution < -0.4 is 20.3 Å².